The number of fused-ring (bicyclic) bond motifs is 15. The molecule has 0 fully saturated rings. The van der Waals surface area contributed by atoms with E-state index in [1.807, 2.05) is 0 Å². The summed E-state index contributed by atoms with van der Waals surface area (Å²) in [6, 6.07) is 101. The van der Waals surface area contributed by atoms with E-state index in [0.29, 0.717) is 0 Å². The summed E-state index contributed by atoms with van der Waals surface area (Å²) < 4.78 is 5.02. The van der Waals surface area contributed by atoms with E-state index in [1.165, 1.54) is 154 Å². The molecule has 5 heteroatoms. The van der Waals surface area contributed by atoms with Crippen molar-refractivity contribution in [1.82, 2.24) is 9.13 Å². The number of hydrogen-bond acceptors (Lipinski definition) is 2. The standard InChI is InChI=1S/C92H79BN4/c1-89(2,3)66-50-67(90(4,5)6)53-72(52-66)95-82-46-63-41-58-27-21-19-25-56(58)39-61(63)43-77(82)93-78-44-62-40-57-26-20-22-28-59(57)42-64(62)47-83(78)96(73-54-68(91(7,8)9)51-69(55-73)92(10,11)12)85-49-65(48-84(95)87(85)93)60-35-36-76-81(45-60)94(70-29-15-13-16-30-70)80-38-37-75-74-33-23-24-34-79(74)97(88(75)86(76)80)71-31-17-14-18-32-71/h13-55H,1-12H3. The smallest absolute Gasteiger partial charge is 0.252 e. The molecular formula is C92H79BN4. The van der Waals surface area contributed by atoms with Crippen molar-refractivity contribution in [2.24, 2.45) is 0 Å². The van der Waals surface area contributed by atoms with Gasteiger partial charge in [0.1, 0.15) is 0 Å². The average molecular weight is 1250 g/mol. The Morgan fingerprint density at radius 2 is 0.670 bits per heavy atom. The summed E-state index contributed by atoms with van der Waals surface area (Å²) in [6.07, 6.45) is 0. The molecule has 0 saturated carbocycles. The van der Waals surface area contributed by atoms with E-state index in [9.17, 15) is 0 Å². The largest absolute Gasteiger partial charge is 0.311 e. The van der Waals surface area contributed by atoms with Gasteiger partial charge in [-0.1, -0.05) is 229 Å². The first-order chi connectivity index (χ1) is 46.6. The van der Waals surface area contributed by atoms with Gasteiger partial charge >= 0.3 is 0 Å². The molecule has 97 heavy (non-hydrogen) atoms. The van der Waals surface area contributed by atoms with Gasteiger partial charge in [0.15, 0.2) is 0 Å². The number of anilines is 6. The van der Waals surface area contributed by atoms with Crippen LogP contribution in [0.15, 0.2) is 261 Å². The van der Waals surface area contributed by atoms with Crippen LogP contribution in [-0.2, 0) is 21.7 Å². The molecule has 0 saturated heterocycles. The van der Waals surface area contributed by atoms with Crippen LogP contribution in [0.3, 0.4) is 0 Å². The monoisotopic (exact) mass is 1250 g/mol. The first-order valence-corrected chi connectivity index (χ1v) is 34.7. The zero-order valence-corrected chi connectivity index (χ0v) is 57.7. The predicted molar refractivity (Wildman–Crippen MR) is 419 cm³/mol. The molecule has 4 nitrogen and oxygen atoms in total. The Balaban J connectivity index is 1.01. The summed E-state index contributed by atoms with van der Waals surface area (Å²) >= 11 is 0. The summed E-state index contributed by atoms with van der Waals surface area (Å²) in [5.74, 6) is 0. The first-order valence-electron chi connectivity index (χ1n) is 34.7. The Morgan fingerprint density at radius 1 is 0.258 bits per heavy atom. The zero-order chi connectivity index (χ0) is 66.3. The lowest BCUT2D eigenvalue weighted by molar-refractivity contribution is 0.568. The van der Waals surface area contributed by atoms with E-state index in [0.717, 1.165) is 28.0 Å². The fourth-order valence-electron chi connectivity index (χ4n) is 16.2. The van der Waals surface area contributed by atoms with E-state index >= 15 is 0 Å². The van der Waals surface area contributed by atoms with Crippen LogP contribution in [0, 0.1) is 0 Å². The van der Waals surface area contributed by atoms with Gasteiger partial charge in [-0.25, -0.2) is 0 Å². The molecule has 0 atom stereocenters. The lowest BCUT2D eigenvalue weighted by Gasteiger charge is -2.45. The number of rotatable bonds is 5. The zero-order valence-electron chi connectivity index (χ0n) is 57.7. The maximum Gasteiger partial charge on any atom is 0.252 e. The number of hydrogen-bond donors (Lipinski definition) is 0. The Morgan fingerprint density at radius 3 is 1.13 bits per heavy atom. The van der Waals surface area contributed by atoms with Crippen molar-refractivity contribution in [2.75, 3.05) is 9.80 Å². The third-order valence-corrected chi connectivity index (χ3v) is 21.5. The minimum atomic E-state index is -0.147. The molecule has 470 valence electrons. The van der Waals surface area contributed by atoms with E-state index in [2.05, 4.69) is 363 Å². The van der Waals surface area contributed by atoms with Crippen LogP contribution in [-0.4, -0.2) is 15.8 Å². The SMILES string of the molecule is CC(C)(C)c1cc(N2c3cc4cc5ccccc5cc4cc3B3c4cc5cc6ccccc6cc5cc4N(c4cc(C(C)(C)C)cc(C(C)(C)C)c4)c4cc(-c5ccc6c7c(ccc8c9ccccc9n(-c9ccccc9)c87)n(-c7ccccc7)c6c5)cc2c43)cc(C(C)(C)C)c1. The molecule has 0 aliphatic carbocycles. The third-order valence-electron chi connectivity index (χ3n) is 21.5. The van der Waals surface area contributed by atoms with Crippen molar-refractivity contribution >= 4 is 144 Å². The van der Waals surface area contributed by atoms with Gasteiger partial charge in [0, 0.05) is 67.0 Å². The Bertz CT molecular complexity index is 5700. The maximum absolute atomic E-state index is 2.69. The molecular weight excluding hydrogens is 1170 g/mol. The van der Waals surface area contributed by atoms with Crippen molar-refractivity contribution < 1.29 is 0 Å². The average Bonchev–Trinajstić information content (AvgIpc) is 1.47. The molecule has 0 unspecified atom stereocenters. The Labute approximate surface area is 569 Å². The minimum Gasteiger partial charge on any atom is -0.311 e. The highest BCUT2D eigenvalue weighted by Crippen LogP contribution is 2.51. The van der Waals surface area contributed by atoms with E-state index < -0.39 is 0 Å². The molecule has 14 aromatic carbocycles. The van der Waals surface area contributed by atoms with Gasteiger partial charge < -0.3 is 18.9 Å². The predicted octanol–water partition coefficient (Wildman–Crippen LogP) is 23.4. The summed E-state index contributed by atoms with van der Waals surface area (Å²) in [5, 5.41) is 14.8. The van der Waals surface area contributed by atoms with E-state index in [1.54, 1.807) is 0 Å². The number of nitrogens with zero attached hydrogens (tertiary/aromatic N) is 4. The quantitative estimate of drug-likeness (QED) is 0.126. The highest BCUT2D eigenvalue weighted by molar-refractivity contribution is 7.00. The second kappa shape index (κ2) is 20.9. The Kier molecular flexibility index (Phi) is 12.7. The molecule has 0 amide bonds. The topological polar surface area (TPSA) is 16.3 Å². The van der Waals surface area contributed by atoms with Crippen LogP contribution in [0.4, 0.5) is 34.1 Å². The third kappa shape index (κ3) is 9.32. The van der Waals surface area contributed by atoms with Crippen molar-refractivity contribution in [3.63, 3.8) is 0 Å². The second-order valence-electron chi connectivity index (χ2n) is 31.9. The molecule has 2 aromatic heterocycles. The molecule has 0 radical (unpaired) electrons. The highest BCUT2D eigenvalue weighted by Gasteiger charge is 2.45. The maximum atomic E-state index is 2.69. The van der Waals surface area contributed by atoms with Crippen molar-refractivity contribution in [2.45, 2.75) is 105 Å². The van der Waals surface area contributed by atoms with Gasteiger partial charge in [-0.2, -0.15) is 0 Å². The van der Waals surface area contributed by atoms with E-state index in [4.69, 9.17) is 0 Å². The lowest BCUT2D eigenvalue weighted by atomic mass is 9.33. The summed E-state index contributed by atoms with van der Waals surface area (Å²) in [4.78, 5) is 5.38. The molecule has 4 heterocycles. The summed E-state index contributed by atoms with van der Waals surface area (Å²) in [5.41, 5.74) is 25.0. The lowest BCUT2D eigenvalue weighted by Crippen LogP contribution is -2.61. The van der Waals surface area contributed by atoms with Gasteiger partial charge in [-0.3, -0.25) is 0 Å². The van der Waals surface area contributed by atoms with Crippen LogP contribution in [0.2, 0.25) is 0 Å². The van der Waals surface area contributed by atoms with Crippen LogP contribution >= 0.6 is 0 Å². The molecule has 0 spiro atoms. The Hall–Kier alpha value is -10.6. The van der Waals surface area contributed by atoms with Crippen LogP contribution in [0.5, 0.6) is 0 Å². The van der Waals surface area contributed by atoms with E-state index in [-0.39, 0.29) is 28.4 Å². The van der Waals surface area contributed by atoms with Crippen molar-refractivity contribution in [1.29, 1.82) is 0 Å². The molecule has 16 aromatic rings. The fourth-order valence-corrected chi connectivity index (χ4v) is 16.2. The van der Waals surface area contributed by atoms with Gasteiger partial charge in [-0.15, -0.1) is 0 Å². The van der Waals surface area contributed by atoms with Gasteiger partial charge in [0.25, 0.3) is 6.71 Å². The van der Waals surface area contributed by atoms with Crippen LogP contribution in [0.25, 0.3) is 109 Å². The van der Waals surface area contributed by atoms with Gasteiger partial charge in [0.2, 0.25) is 0 Å². The number of para-hydroxylation sites is 3. The number of aromatic nitrogens is 2. The van der Waals surface area contributed by atoms with Crippen molar-refractivity contribution in [3.05, 3.63) is 283 Å². The highest BCUT2D eigenvalue weighted by atomic mass is 15.2. The normalized spacial score (nSPS) is 13.5. The van der Waals surface area contributed by atoms with Crippen molar-refractivity contribution in [3.8, 4) is 22.5 Å². The minimum absolute atomic E-state index is 0.141. The summed E-state index contributed by atoms with van der Waals surface area (Å²) in [6.45, 7) is 28.3. The second-order valence-corrected chi connectivity index (χ2v) is 31.9. The number of benzene rings is 14. The molecule has 18 rings (SSSR count). The fraction of sp³-hybridized carbons (Fsp3) is 0.174. The van der Waals surface area contributed by atoms with Crippen LogP contribution < -0.4 is 26.2 Å². The van der Waals surface area contributed by atoms with Crippen LogP contribution in [0.1, 0.15) is 105 Å². The van der Waals surface area contributed by atoms with Gasteiger partial charge in [-0.05, 0) is 230 Å². The molecule has 2 aliphatic heterocycles. The summed E-state index contributed by atoms with van der Waals surface area (Å²) in [7, 11) is 0. The molecule has 0 bridgehead atoms. The molecule has 0 N–H and O–H groups in total. The van der Waals surface area contributed by atoms with Gasteiger partial charge in [0.05, 0.1) is 22.1 Å². The first kappa shape index (κ1) is 58.9. The molecule has 2 aliphatic rings.